The summed E-state index contributed by atoms with van der Waals surface area (Å²) < 4.78 is 5.02. The van der Waals surface area contributed by atoms with Crippen molar-refractivity contribution in [1.82, 2.24) is 14.9 Å². The minimum absolute atomic E-state index is 0.685. The predicted molar refractivity (Wildman–Crippen MR) is 67.3 cm³/mol. The summed E-state index contributed by atoms with van der Waals surface area (Å²) >= 11 is 0. The normalized spacial score (nSPS) is 18.0. The molecule has 2 heterocycles. The number of ether oxygens (including phenoxy) is 1. The molecule has 1 aromatic heterocycles. The number of piperidine rings is 1. The van der Waals surface area contributed by atoms with Gasteiger partial charge in [0.2, 0.25) is 5.95 Å². The first kappa shape index (κ1) is 12.1. The summed E-state index contributed by atoms with van der Waals surface area (Å²) in [6.07, 6.45) is 5.87. The van der Waals surface area contributed by atoms with Gasteiger partial charge in [0.1, 0.15) is 0 Å². The molecule has 0 radical (unpaired) electrons. The minimum Gasteiger partial charge on any atom is -0.494 e. The molecule has 1 aliphatic rings. The van der Waals surface area contributed by atoms with Gasteiger partial charge in [-0.3, -0.25) is 0 Å². The van der Waals surface area contributed by atoms with Gasteiger partial charge in [-0.25, -0.2) is 9.97 Å². The maximum absolute atomic E-state index is 5.02. The van der Waals surface area contributed by atoms with Crippen LogP contribution in [0.4, 0.5) is 5.95 Å². The van der Waals surface area contributed by atoms with Gasteiger partial charge in [-0.2, -0.15) is 0 Å². The number of nitrogens with zero attached hydrogens (tertiary/aromatic N) is 3. The fourth-order valence-corrected chi connectivity index (χ4v) is 2.01. The predicted octanol–water partition coefficient (Wildman–Crippen LogP) is 1.24. The van der Waals surface area contributed by atoms with E-state index in [0.717, 1.165) is 12.5 Å². The van der Waals surface area contributed by atoms with Crippen LogP contribution in [-0.4, -0.2) is 48.7 Å². The lowest BCUT2D eigenvalue weighted by molar-refractivity contribution is 0.226. The van der Waals surface area contributed by atoms with Gasteiger partial charge in [-0.15, -0.1) is 0 Å². The molecule has 1 aliphatic heterocycles. The van der Waals surface area contributed by atoms with Crippen LogP contribution in [0.5, 0.6) is 5.75 Å². The molecular formula is C12H20N4O. The van der Waals surface area contributed by atoms with Gasteiger partial charge >= 0.3 is 0 Å². The van der Waals surface area contributed by atoms with Crippen LogP contribution in [0.25, 0.3) is 0 Å². The van der Waals surface area contributed by atoms with E-state index in [4.69, 9.17) is 4.74 Å². The second kappa shape index (κ2) is 5.82. The van der Waals surface area contributed by atoms with Crippen LogP contribution in [0.1, 0.15) is 12.8 Å². The Morgan fingerprint density at radius 1 is 1.35 bits per heavy atom. The molecular weight excluding hydrogens is 216 g/mol. The number of nitrogens with one attached hydrogen (secondary N) is 1. The van der Waals surface area contributed by atoms with Crippen LogP contribution in [-0.2, 0) is 0 Å². The first-order valence-electron chi connectivity index (χ1n) is 6.06. The monoisotopic (exact) mass is 236 g/mol. The zero-order chi connectivity index (χ0) is 12.1. The van der Waals surface area contributed by atoms with Crippen molar-refractivity contribution in [3.8, 4) is 5.75 Å². The number of aromatic nitrogens is 2. The summed E-state index contributed by atoms with van der Waals surface area (Å²) in [5.74, 6) is 2.11. The SMILES string of the molecule is COc1cnc(NCC2CCN(C)CC2)nc1. The Morgan fingerprint density at radius 2 is 2.00 bits per heavy atom. The minimum atomic E-state index is 0.685. The third kappa shape index (κ3) is 3.56. The average molecular weight is 236 g/mol. The first-order valence-corrected chi connectivity index (χ1v) is 6.06. The van der Waals surface area contributed by atoms with E-state index in [9.17, 15) is 0 Å². The second-order valence-corrected chi connectivity index (χ2v) is 4.57. The number of likely N-dealkylation sites (tertiary alicyclic amines) is 1. The van der Waals surface area contributed by atoms with E-state index in [2.05, 4.69) is 27.2 Å². The highest BCUT2D eigenvalue weighted by molar-refractivity contribution is 5.26. The summed E-state index contributed by atoms with van der Waals surface area (Å²) in [6, 6.07) is 0. The molecule has 94 valence electrons. The Kier molecular flexibility index (Phi) is 4.14. The van der Waals surface area contributed by atoms with Gasteiger partial charge in [0.05, 0.1) is 19.5 Å². The second-order valence-electron chi connectivity index (χ2n) is 4.57. The van der Waals surface area contributed by atoms with Crippen molar-refractivity contribution >= 4 is 5.95 Å². The molecule has 0 spiro atoms. The number of hydrogen-bond acceptors (Lipinski definition) is 5. The molecule has 0 aliphatic carbocycles. The molecule has 0 saturated carbocycles. The molecule has 17 heavy (non-hydrogen) atoms. The highest BCUT2D eigenvalue weighted by atomic mass is 16.5. The van der Waals surface area contributed by atoms with E-state index in [1.807, 2.05) is 0 Å². The maximum atomic E-state index is 5.02. The summed E-state index contributed by atoms with van der Waals surface area (Å²) in [6.45, 7) is 3.34. The molecule has 0 aromatic carbocycles. The topological polar surface area (TPSA) is 50.3 Å². The van der Waals surface area contributed by atoms with Crippen LogP contribution >= 0.6 is 0 Å². The van der Waals surface area contributed by atoms with E-state index in [1.165, 1.54) is 25.9 Å². The average Bonchev–Trinajstić information content (AvgIpc) is 2.39. The van der Waals surface area contributed by atoms with E-state index < -0.39 is 0 Å². The van der Waals surface area contributed by atoms with Gasteiger partial charge in [0.15, 0.2) is 5.75 Å². The Hall–Kier alpha value is -1.36. The fourth-order valence-electron chi connectivity index (χ4n) is 2.01. The Morgan fingerprint density at radius 3 is 2.59 bits per heavy atom. The third-order valence-electron chi connectivity index (χ3n) is 3.25. The van der Waals surface area contributed by atoms with Crippen molar-refractivity contribution in [3.05, 3.63) is 12.4 Å². The van der Waals surface area contributed by atoms with Crippen LogP contribution in [0.2, 0.25) is 0 Å². The van der Waals surface area contributed by atoms with Gasteiger partial charge in [0.25, 0.3) is 0 Å². The molecule has 0 unspecified atom stereocenters. The Balaban J connectivity index is 1.77. The summed E-state index contributed by atoms with van der Waals surface area (Å²) in [5, 5.41) is 3.28. The molecule has 1 saturated heterocycles. The first-order chi connectivity index (χ1) is 8.28. The van der Waals surface area contributed by atoms with E-state index in [1.54, 1.807) is 19.5 Å². The summed E-state index contributed by atoms with van der Waals surface area (Å²) in [5.41, 5.74) is 0. The van der Waals surface area contributed by atoms with Crippen LogP contribution in [0.15, 0.2) is 12.4 Å². The Labute approximate surface area is 102 Å². The highest BCUT2D eigenvalue weighted by Gasteiger charge is 2.16. The number of hydrogen-bond donors (Lipinski definition) is 1. The largest absolute Gasteiger partial charge is 0.494 e. The molecule has 1 aromatic rings. The van der Waals surface area contributed by atoms with Gasteiger partial charge in [-0.05, 0) is 38.9 Å². The van der Waals surface area contributed by atoms with Gasteiger partial charge in [-0.1, -0.05) is 0 Å². The number of rotatable bonds is 4. The van der Waals surface area contributed by atoms with Crippen LogP contribution < -0.4 is 10.1 Å². The van der Waals surface area contributed by atoms with Crippen molar-refractivity contribution in [2.75, 3.05) is 39.1 Å². The fraction of sp³-hybridized carbons (Fsp3) is 0.667. The van der Waals surface area contributed by atoms with E-state index >= 15 is 0 Å². The third-order valence-corrected chi connectivity index (χ3v) is 3.25. The van der Waals surface area contributed by atoms with Crippen LogP contribution in [0, 0.1) is 5.92 Å². The summed E-state index contributed by atoms with van der Waals surface area (Å²) in [7, 11) is 3.79. The zero-order valence-corrected chi connectivity index (χ0v) is 10.5. The maximum Gasteiger partial charge on any atom is 0.222 e. The molecule has 0 amide bonds. The zero-order valence-electron chi connectivity index (χ0n) is 10.5. The van der Waals surface area contributed by atoms with Gasteiger partial charge in [0, 0.05) is 6.54 Å². The quantitative estimate of drug-likeness (QED) is 0.852. The molecule has 1 fully saturated rings. The molecule has 2 rings (SSSR count). The van der Waals surface area contributed by atoms with Crippen molar-refractivity contribution in [2.24, 2.45) is 5.92 Å². The van der Waals surface area contributed by atoms with Gasteiger partial charge < -0.3 is 15.0 Å². The van der Waals surface area contributed by atoms with Crippen molar-refractivity contribution < 1.29 is 4.74 Å². The molecule has 1 N–H and O–H groups in total. The van der Waals surface area contributed by atoms with E-state index in [-0.39, 0.29) is 0 Å². The Bertz CT molecular complexity index is 333. The standard InChI is InChI=1S/C12H20N4O/c1-16-5-3-10(4-6-16)7-13-12-14-8-11(17-2)9-15-12/h8-10H,3-7H2,1-2H3,(H,13,14,15). The highest BCUT2D eigenvalue weighted by Crippen LogP contribution is 2.16. The summed E-state index contributed by atoms with van der Waals surface area (Å²) in [4.78, 5) is 10.8. The van der Waals surface area contributed by atoms with E-state index in [0.29, 0.717) is 11.7 Å². The number of anilines is 1. The molecule has 0 bridgehead atoms. The molecule has 5 heteroatoms. The molecule has 5 nitrogen and oxygen atoms in total. The lowest BCUT2D eigenvalue weighted by Crippen LogP contribution is -2.33. The smallest absolute Gasteiger partial charge is 0.222 e. The lowest BCUT2D eigenvalue weighted by Gasteiger charge is -2.28. The van der Waals surface area contributed by atoms with Crippen LogP contribution in [0.3, 0.4) is 0 Å². The van der Waals surface area contributed by atoms with Crippen molar-refractivity contribution in [2.45, 2.75) is 12.8 Å². The molecule has 0 atom stereocenters. The lowest BCUT2D eigenvalue weighted by atomic mass is 9.97. The van der Waals surface area contributed by atoms with Crippen molar-refractivity contribution in [3.63, 3.8) is 0 Å². The number of methoxy groups -OCH3 is 1. The van der Waals surface area contributed by atoms with Crippen molar-refractivity contribution in [1.29, 1.82) is 0 Å².